The molecule has 1 aromatic carbocycles. The Morgan fingerprint density at radius 3 is 2.43 bits per heavy atom. The molecule has 5 aromatic heterocycles. The Bertz CT molecular complexity index is 2070. The average Bonchev–Trinajstić information content (AvgIpc) is 3.92. The number of thiophene rings is 1. The van der Waals surface area contributed by atoms with Gasteiger partial charge in [-0.3, -0.25) is 4.79 Å². The molecule has 0 saturated carbocycles. The van der Waals surface area contributed by atoms with Crippen molar-refractivity contribution in [3.63, 3.8) is 0 Å². The second-order valence-corrected chi connectivity index (χ2v) is 13.9. The number of likely N-dealkylation sites (tertiary alicyclic amines) is 1. The quantitative estimate of drug-likeness (QED) is 0.139. The average molecular weight is 652 g/mol. The lowest BCUT2D eigenvalue weighted by molar-refractivity contribution is -0.135. The fourth-order valence-corrected chi connectivity index (χ4v) is 8.17. The van der Waals surface area contributed by atoms with Gasteiger partial charge >= 0.3 is 6.09 Å². The van der Waals surface area contributed by atoms with Gasteiger partial charge < -0.3 is 34.7 Å². The number of H-pyrrole nitrogens is 2. The number of carbonyl (C=O) groups is 2. The van der Waals surface area contributed by atoms with Crippen molar-refractivity contribution in [2.75, 3.05) is 20.2 Å². The summed E-state index contributed by atoms with van der Waals surface area (Å²) < 4.78 is 11.0. The maximum Gasteiger partial charge on any atom is 0.407 e. The molecule has 2 aliphatic rings. The molecule has 2 aliphatic heterocycles. The monoisotopic (exact) mass is 651 g/mol. The van der Waals surface area contributed by atoms with Gasteiger partial charge in [0.15, 0.2) is 0 Å². The minimum absolute atomic E-state index is 0.0975. The number of ether oxygens (including phenoxy) is 1. The first-order valence-electron chi connectivity index (χ1n) is 16.3. The summed E-state index contributed by atoms with van der Waals surface area (Å²) in [4.78, 5) is 46.3. The molecule has 6 aromatic rings. The summed E-state index contributed by atoms with van der Waals surface area (Å²) in [7, 11) is 1.30. The van der Waals surface area contributed by atoms with Crippen LogP contribution in [0.1, 0.15) is 63.3 Å². The number of amides is 2. The van der Waals surface area contributed by atoms with E-state index >= 15 is 0 Å². The van der Waals surface area contributed by atoms with Crippen LogP contribution in [0.2, 0.25) is 0 Å². The highest BCUT2D eigenvalue weighted by Crippen LogP contribution is 2.46. The van der Waals surface area contributed by atoms with Gasteiger partial charge in [-0.1, -0.05) is 26.0 Å². The van der Waals surface area contributed by atoms with Gasteiger partial charge in [0.05, 0.1) is 47.9 Å². The van der Waals surface area contributed by atoms with Gasteiger partial charge in [0.2, 0.25) is 5.91 Å². The van der Waals surface area contributed by atoms with E-state index in [1.54, 1.807) is 11.3 Å². The van der Waals surface area contributed by atoms with Gasteiger partial charge in [-0.15, -0.1) is 11.3 Å². The first kappa shape index (κ1) is 29.7. The standard InChI is InChI=1S/C35H37N7O4S/c1-18(2)31(41-35(44)45-3)34(43)42-15-5-7-24(42)33-38-16-22(39-33)19-8-9-20(30-26-11-10-25(46-26)29(19)30)27-12-13-28(47-27)23-17-37-32(40-23)21-6-4-14-36-21/h8-13,16-18,21,24,31,36H,4-7,14-15H2,1-3H3,(H,37,40)(H,38,39)(H,41,44). The van der Waals surface area contributed by atoms with Crippen LogP contribution < -0.4 is 10.6 Å². The number of hydrogen-bond donors (Lipinski definition) is 4. The summed E-state index contributed by atoms with van der Waals surface area (Å²) >= 11 is 1.74. The molecule has 47 heavy (non-hydrogen) atoms. The molecule has 12 heteroatoms. The molecule has 0 spiro atoms. The van der Waals surface area contributed by atoms with Crippen molar-refractivity contribution in [2.24, 2.45) is 5.92 Å². The van der Waals surface area contributed by atoms with E-state index < -0.39 is 12.1 Å². The molecule has 8 rings (SSSR count). The van der Waals surface area contributed by atoms with E-state index in [1.807, 2.05) is 43.3 Å². The fourth-order valence-electron chi connectivity index (χ4n) is 7.17. The number of carbonyl (C=O) groups excluding carboxylic acids is 2. The number of aromatic amines is 2. The Balaban J connectivity index is 1.09. The summed E-state index contributed by atoms with van der Waals surface area (Å²) in [6.45, 7) is 5.47. The van der Waals surface area contributed by atoms with Crippen LogP contribution in [0.25, 0.3) is 54.2 Å². The van der Waals surface area contributed by atoms with Crippen LogP contribution in [0, 0.1) is 5.92 Å². The number of hydrogen-bond acceptors (Lipinski definition) is 8. The molecule has 3 atom stereocenters. The van der Waals surface area contributed by atoms with Crippen molar-refractivity contribution in [1.82, 2.24) is 35.5 Å². The SMILES string of the molecule is COC(=O)NC(C(=O)N1CCCC1c1ncc(-c2ccc(-c3ccc(-c4cnc(C5CCCN5)[nH]4)s3)c3c4ccc(o4)c23)[nH]1)C(C)C. The summed E-state index contributed by atoms with van der Waals surface area (Å²) in [5.41, 5.74) is 5.70. The number of nitrogens with zero attached hydrogens (tertiary/aromatic N) is 3. The third kappa shape index (κ3) is 5.16. The van der Waals surface area contributed by atoms with Crippen LogP contribution in [0.3, 0.4) is 0 Å². The molecular weight excluding hydrogens is 614 g/mol. The first-order chi connectivity index (χ1) is 22.9. The largest absolute Gasteiger partial charge is 0.456 e. The normalized spacial score (nSPS) is 19.0. The lowest BCUT2D eigenvalue weighted by Gasteiger charge is -2.30. The van der Waals surface area contributed by atoms with E-state index in [1.165, 1.54) is 13.5 Å². The minimum Gasteiger partial charge on any atom is -0.456 e. The highest BCUT2D eigenvalue weighted by atomic mass is 32.1. The topological polar surface area (TPSA) is 141 Å². The van der Waals surface area contributed by atoms with E-state index in [2.05, 4.69) is 49.9 Å². The predicted octanol–water partition coefficient (Wildman–Crippen LogP) is 7.00. The summed E-state index contributed by atoms with van der Waals surface area (Å²) in [6, 6.07) is 12.1. The number of furan rings is 2. The van der Waals surface area contributed by atoms with Crippen molar-refractivity contribution in [1.29, 1.82) is 0 Å². The highest BCUT2D eigenvalue weighted by molar-refractivity contribution is 7.18. The van der Waals surface area contributed by atoms with Gasteiger partial charge in [-0.25, -0.2) is 14.8 Å². The molecule has 7 heterocycles. The number of imidazole rings is 2. The van der Waals surface area contributed by atoms with Crippen molar-refractivity contribution in [3.8, 4) is 32.3 Å². The van der Waals surface area contributed by atoms with Crippen LogP contribution in [0.15, 0.2) is 53.2 Å². The molecule has 11 nitrogen and oxygen atoms in total. The van der Waals surface area contributed by atoms with E-state index in [0.29, 0.717) is 12.6 Å². The molecule has 0 radical (unpaired) electrons. The Hall–Kier alpha value is -4.68. The Morgan fingerprint density at radius 2 is 1.66 bits per heavy atom. The number of benzene rings is 2. The van der Waals surface area contributed by atoms with Crippen molar-refractivity contribution < 1.29 is 18.7 Å². The molecule has 2 saturated heterocycles. The number of aromatic nitrogens is 4. The summed E-state index contributed by atoms with van der Waals surface area (Å²) in [5, 5.41) is 8.35. The molecular formula is C35H37N7O4S. The Morgan fingerprint density at radius 1 is 0.936 bits per heavy atom. The van der Waals surface area contributed by atoms with Crippen LogP contribution in [-0.4, -0.2) is 63.1 Å². The summed E-state index contributed by atoms with van der Waals surface area (Å²) in [5.74, 6) is 1.51. The van der Waals surface area contributed by atoms with Gasteiger partial charge in [0, 0.05) is 33.3 Å². The van der Waals surface area contributed by atoms with Crippen LogP contribution >= 0.6 is 11.3 Å². The second kappa shape index (κ2) is 11.8. The van der Waals surface area contributed by atoms with Gasteiger partial charge in [-0.05, 0) is 62.4 Å². The molecule has 2 amide bonds. The van der Waals surface area contributed by atoms with E-state index in [0.717, 1.165) is 91.7 Å². The molecule has 4 N–H and O–H groups in total. The number of nitrogens with one attached hydrogen (secondary N) is 4. The lowest BCUT2D eigenvalue weighted by Crippen LogP contribution is -2.51. The lowest BCUT2D eigenvalue weighted by atomic mass is 9.97. The molecule has 3 unspecified atom stereocenters. The van der Waals surface area contributed by atoms with E-state index in [9.17, 15) is 9.59 Å². The van der Waals surface area contributed by atoms with Crippen molar-refractivity contribution in [3.05, 3.63) is 60.4 Å². The zero-order valence-corrected chi connectivity index (χ0v) is 27.4. The number of rotatable bonds is 8. The van der Waals surface area contributed by atoms with Gasteiger partial charge in [0.25, 0.3) is 0 Å². The Labute approximate surface area is 275 Å². The third-order valence-electron chi connectivity index (χ3n) is 9.56. The van der Waals surface area contributed by atoms with Crippen LogP contribution in [0.5, 0.6) is 0 Å². The number of methoxy groups -OCH3 is 1. The second-order valence-electron chi connectivity index (χ2n) is 12.8. The molecule has 242 valence electrons. The van der Waals surface area contributed by atoms with Gasteiger partial charge in [0.1, 0.15) is 28.9 Å². The number of alkyl carbamates (subject to hydrolysis) is 1. The van der Waals surface area contributed by atoms with Crippen LogP contribution in [-0.2, 0) is 9.53 Å². The third-order valence-corrected chi connectivity index (χ3v) is 10.7. The fraction of sp³-hybridized carbons (Fsp3) is 0.371. The maximum atomic E-state index is 13.6. The zero-order chi connectivity index (χ0) is 32.2. The van der Waals surface area contributed by atoms with Gasteiger partial charge in [-0.2, -0.15) is 0 Å². The molecule has 2 fully saturated rings. The van der Waals surface area contributed by atoms with E-state index in [-0.39, 0.29) is 17.9 Å². The zero-order valence-electron chi connectivity index (χ0n) is 26.6. The smallest absolute Gasteiger partial charge is 0.407 e. The van der Waals surface area contributed by atoms with Crippen molar-refractivity contribution in [2.45, 2.75) is 57.7 Å². The maximum absolute atomic E-state index is 13.6. The van der Waals surface area contributed by atoms with E-state index in [4.69, 9.17) is 14.1 Å². The van der Waals surface area contributed by atoms with Crippen LogP contribution in [0.4, 0.5) is 4.79 Å². The van der Waals surface area contributed by atoms with Crippen molar-refractivity contribution >= 4 is 45.3 Å². The highest BCUT2D eigenvalue weighted by Gasteiger charge is 2.37. The first-order valence-corrected chi connectivity index (χ1v) is 17.1. The number of fused-ring (bicyclic) bond motifs is 5. The summed E-state index contributed by atoms with van der Waals surface area (Å²) in [6.07, 6.45) is 7.09. The molecule has 0 aliphatic carbocycles. The Kier molecular flexibility index (Phi) is 7.48. The molecule has 2 bridgehead atoms. The predicted molar refractivity (Wildman–Crippen MR) is 181 cm³/mol. The minimum atomic E-state index is -0.682.